The fourth-order valence-electron chi connectivity index (χ4n) is 11.6. The zero-order valence-corrected chi connectivity index (χ0v) is 43.9. The molecule has 0 aliphatic carbocycles. The molecule has 4 heterocycles. The van der Waals surface area contributed by atoms with E-state index < -0.39 is 131 Å². The van der Waals surface area contributed by atoms with Gasteiger partial charge in [-0.1, -0.05) is 32.9 Å². The van der Waals surface area contributed by atoms with Gasteiger partial charge in [-0.3, -0.25) is 14.9 Å². The van der Waals surface area contributed by atoms with Crippen LogP contribution < -0.4 is 0 Å². The molecule has 3 aliphatic rings. The van der Waals surface area contributed by atoms with Crippen molar-refractivity contribution in [2.75, 3.05) is 40.9 Å². The fourth-order valence-corrected chi connectivity index (χ4v) is 11.6. The monoisotopic (exact) mass is 1010 g/mol. The van der Waals surface area contributed by atoms with Gasteiger partial charge in [0.15, 0.2) is 6.29 Å². The second-order valence-corrected chi connectivity index (χ2v) is 21.8. The lowest BCUT2D eigenvalue weighted by atomic mass is 9.68. The molecule has 0 bridgehead atoms. The summed E-state index contributed by atoms with van der Waals surface area (Å²) in [6, 6.07) is 3.38. The SMILES string of the molecule is CC[C@H]1OC(=O)[C@H](C)[C@@H](C2C[C@@](C)(OC)[C@@H](O)[C@H](C)O2)[C@H](C)[C@@H](O[C@@H]2O[C@H](C)C[C@H](N(C)CCc3cn([C@H](CO)[C@H](O)c4ccc([N+](=O)[O-])cc4)nn3)[C@H]2O)[C@](C)(O)C[C@@H](C)CN(C)[C@H](C)[C@@H](O)[C@]1(C)O. The molecule has 0 amide bonds. The number of ether oxygens (including phenoxy) is 5. The number of rotatable bonds is 14. The van der Waals surface area contributed by atoms with E-state index in [9.17, 15) is 50.7 Å². The minimum atomic E-state index is -1.84. The Hall–Kier alpha value is -3.29. The van der Waals surface area contributed by atoms with E-state index in [1.165, 1.54) is 43.0 Å². The molecule has 404 valence electrons. The van der Waals surface area contributed by atoms with Crippen molar-refractivity contribution in [3.05, 3.63) is 51.8 Å². The number of likely N-dealkylation sites (N-methyl/N-ethyl adjacent to an activating group) is 2. The predicted molar refractivity (Wildman–Crippen MR) is 260 cm³/mol. The molecule has 3 fully saturated rings. The molecule has 5 rings (SSSR count). The summed E-state index contributed by atoms with van der Waals surface area (Å²) in [6.07, 6.45) is -7.24. The fraction of sp³-hybridized carbons (Fsp3) is 0.820. The maximum Gasteiger partial charge on any atom is 0.309 e. The van der Waals surface area contributed by atoms with E-state index in [0.29, 0.717) is 37.2 Å². The number of nitro benzene ring substituents is 1. The third-order valence-corrected chi connectivity index (χ3v) is 16.1. The Morgan fingerprint density at radius 3 is 2.25 bits per heavy atom. The number of non-ortho nitro benzene ring substituents is 1. The first-order chi connectivity index (χ1) is 33.1. The molecule has 2 aromatic rings. The van der Waals surface area contributed by atoms with Crippen LogP contribution in [-0.2, 0) is 34.9 Å². The van der Waals surface area contributed by atoms with Crippen LogP contribution in [0.4, 0.5) is 5.69 Å². The van der Waals surface area contributed by atoms with Crippen LogP contribution in [0.3, 0.4) is 0 Å². The summed E-state index contributed by atoms with van der Waals surface area (Å²) < 4.78 is 33.4. The van der Waals surface area contributed by atoms with Gasteiger partial charge in [-0.2, -0.15) is 0 Å². The molecular weight excluding hydrogens is 925 g/mol. The van der Waals surface area contributed by atoms with Crippen molar-refractivity contribution in [1.29, 1.82) is 0 Å². The molecule has 1 aromatic carbocycles. The molecule has 1 unspecified atom stereocenters. The Morgan fingerprint density at radius 1 is 1.01 bits per heavy atom. The van der Waals surface area contributed by atoms with Crippen molar-refractivity contribution < 1.29 is 69.1 Å². The molecule has 1 aromatic heterocycles. The normalized spacial score (nSPS) is 40.4. The summed E-state index contributed by atoms with van der Waals surface area (Å²) >= 11 is 0. The van der Waals surface area contributed by atoms with Crippen LogP contribution in [0.1, 0.15) is 118 Å². The molecule has 0 saturated carbocycles. The van der Waals surface area contributed by atoms with E-state index in [1.54, 1.807) is 47.7 Å². The number of carbonyl (C=O) groups is 1. The number of hydrogen-bond donors (Lipinski definition) is 7. The molecule has 7 N–H and O–H groups in total. The van der Waals surface area contributed by atoms with Crippen molar-refractivity contribution in [3.8, 4) is 0 Å². The van der Waals surface area contributed by atoms with E-state index in [1.807, 2.05) is 44.7 Å². The topological polar surface area (TPSA) is 285 Å². The van der Waals surface area contributed by atoms with Gasteiger partial charge in [0.05, 0.1) is 58.8 Å². The first-order valence-corrected chi connectivity index (χ1v) is 25.2. The maximum atomic E-state index is 14.6. The average Bonchev–Trinajstić information content (AvgIpc) is 3.78. The summed E-state index contributed by atoms with van der Waals surface area (Å²) in [5.74, 6) is -3.34. The van der Waals surface area contributed by atoms with Gasteiger partial charge in [0, 0.05) is 69.4 Å². The summed E-state index contributed by atoms with van der Waals surface area (Å²) in [5, 5.41) is 101. The van der Waals surface area contributed by atoms with Gasteiger partial charge in [0.1, 0.15) is 42.2 Å². The van der Waals surface area contributed by atoms with Gasteiger partial charge in [-0.25, -0.2) is 4.68 Å². The average molecular weight is 1010 g/mol. The van der Waals surface area contributed by atoms with Gasteiger partial charge in [-0.05, 0) is 104 Å². The highest BCUT2D eigenvalue weighted by Gasteiger charge is 2.55. The number of nitrogens with zero attached hydrogens (tertiary/aromatic N) is 6. The highest BCUT2D eigenvalue weighted by molar-refractivity contribution is 5.73. The van der Waals surface area contributed by atoms with Crippen molar-refractivity contribution in [3.63, 3.8) is 0 Å². The van der Waals surface area contributed by atoms with Gasteiger partial charge < -0.3 is 69.2 Å². The van der Waals surface area contributed by atoms with E-state index in [0.717, 1.165) is 0 Å². The summed E-state index contributed by atoms with van der Waals surface area (Å²) in [4.78, 5) is 29.1. The van der Waals surface area contributed by atoms with Crippen LogP contribution in [0.5, 0.6) is 0 Å². The lowest BCUT2D eigenvalue weighted by Gasteiger charge is -2.51. The number of aliphatic hydroxyl groups excluding tert-OH is 5. The summed E-state index contributed by atoms with van der Waals surface area (Å²) in [6.45, 7) is 17.9. The van der Waals surface area contributed by atoms with Gasteiger partial charge in [-0.15, -0.1) is 5.10 Å². The van der Waals surface area contributed by atoms with Crippen molar-refractivity contribution >= 4 is 11.7 Å². The van der Waals surface area contributed by atoms with Crippen LogP contribution in [0.2, 0.25) is 0 Å². The minimum absolute atomic E-state index is 0.133. The smallest absolute Gasteiger partial charge is 0.309 e. The summed E-state index contributed by atoms with van der Waals surface area (Å²) in [7, 11) is 5.19. The lowest BCUT2D eigenvalue weighted by molar-refractivity contribution is -0.384. The molecule has 0 radical (unpaired) electrons. The van der Waals surface area contributed by atoms with Crippen molar-refractivity contribution in [2.45, 2.75) is 197 Å². The number of hydrogen-bond acceptors (Lipinski definition) is 19. The number of nitro groups is 1. The zero-order chi connectivity index (χ0) is 53.1. The van der Waals surface area contributed by atoms with E-state index in [-0.39, 0.29) is 30.9 Å². The van der Waals surface area contributed by atoms with Crippen LogP contribution in [0, 0.1) is 33.8 Å². The van der Waals surface area contributed by atoms with Gasteiger partial charge in [0.2, 0.25) is 0 Å². The second-order valence-electron chi connectivity index (χ2n) is 21.8. The maximum absolute atomic E-state index is 14.6. The number of aromatic nitrogens is 3. The molecule has 21 nitrogen and oxygen atoms in total. The number of methoxy groups -OCH3 is 1. The second kappa shape index (κ2) is 23.9. The van der Waals surface area contributed by atoms with E-state index >= 15 is 0 Å². The first kappa shape index (κ1) is 58.6. The molecule has 21 heteroatoms. The molecule has 71 heavy (non-hydrogen) atoms. The van der Waals surface area contributed by atoms with Gasteiger partial charge in [0.25, 0.3) is 5.69 Å². The molecule has 3 aliphatic heterocycles. The minimum Gasteiger partial charge on any atom is -0.459 e. The Labute approximate surface area is 418 Å². The Morgan fingerprint density at radius 2 is 1.66 bits per heavy atom. The van der Waals surface area contributed by atoms with Crippen LogP contribution in [0.15, 0.2) is 30.5 Å². The molecule has 0 spiro atoms. The zero-order valence-electron chi connectivity index (χ0n) is 43.9. The van der Waals surface area contributed by atoms with E-state index in [2.05, 4.69) is 10.3 Å². The van der Waals surface area contributed by atoms with Gasteiger partial charge >= 0.3 is 5.97 Å². The van der Waals surface area contributed by atoms with Crippen LogP contribution >= 0.6 is 0 Å². The molecular formula is C50H84N6O15. The third-order valence-electron chi connectivity index (χ3n) is 16.1. The predicted octanol–water partition coefficient (Wildman–Crippen LogP) is 2.55. The van der Waals surface area contributed by atoms with Crippen LogP contribution in [0.25, 0.3) is 0 Å². The Kier molecular flexibility index (Phi) is 19.8. The van der Waals surface area contributed by atoms with Crippen LogP contribution in [-0.4, -0.2) is 196 Å². The largest absolute Gasteiger partial charge is 0.459 e. The van der Waals surface area contributed by atoms with E-state index in [4.69, 9.17) is 23.7 Å². The number of aliphatic hydroxyl groups is 7. The number of esters is 1. The highest BCUT2D eigenvalue weighted by Crippen LogP contribution is 2.45. The standard InChI is InChI=1S/C50H84N6O15/c1-14-39-50(10,64)43(60)31(6)54(12)24-27(2)22-48(8,63)45(29(4)40(30(5)46(62)70-39)38-23-49(9,67-13)44(61)32(7)69-38)71-47-42(59)36(21-28(3)68-47)53(11)20-19-34-25-55(52-51-34)37(26-57)41(58)33-15-17-35(18-16-33)56(65)66/h15-18,25,27-32,36-45,47,57-61,63-64H,14,19-24,26H2,1-13H3/t27-,28-,29+,30-,31-,32+,36+,37-,38?,39-,40+,41-,42-,43-,44+,45-,47+,48-,49-,50-/m1/s1. The number of carbonyl (C=O) groups excluding carboxylic acids is 1. The Balaban J connectivity index is 1.45. The van der Waals surface area contributed by atoms with Crippen molar-refractivity contribution in [2.24, 2.45) is 23.7 Å². The Bertz CT molecular complexity index is 2030. The molecule has 3 saturated heterocycles. The highest BCUT2D eigenvalue weighted by atomic mass is 16.7. The van der Waals surface area contributed by atoms with Crippen molar-refractivity contribution in [1.82, 2.24) is 24.8 Å². The summed E-state index contributed by atoms with van der Waals surface area (Å²) in [5.41, 5.74) is -3.80. The number of cyclic esters (lactones) is 1. The quantitative estimate of drug-likeness (QED) is 0.0813. The molecule has 20 atom stereocenters. The third kappa shape index (κ3) is 13.2. The lowest BCUT2D eigenvalue weighted by Crippen LogP contribution is -2.62. The number of benzene rings is 1. The first-order valence-electron chi connectivity index (χ1n) is 25.2.